The van der Waals surface area contributed by atoms with Crippen molar-refractivity contribution in [1.29, 1.82) is 5.41 Å². The zero-order valence-corrected chi connectivity index (χ0v) is 8.14. The quantitative estimate of drug-likeness (QED) is 0.317. The molecule has 0 aromatic carbocycles. The molecule has 1 aromatic heterocycles. The molecule has 0 bridgehead atoms. The smallest absolute Gasteiger partial charge is 0.255 e. The first-order valence-corrected chi connectivity index (χ1v) is 5.13. The van der Waals surface area contributed by atoms with Crippen molar-refractivity contribution in [3.8, 4) is 0 Å². The summed E-state index contributed by atoms with van der Waals surface area (Å²) in [6.45, 7) is 0. The van der Waals surface area contributed by atoms with E-state index in [9.17, 15) is 0 Å². The first-order valence-electron chi connectivity index (χ1n) is 4.14. The predicted molar refractivity (Wildman–Crippen MR) is 53.0 cm³/mol. The molecule has 0 aliphatic rings. The van der Waals surface area contributed by atoms with E-state index in [4.69, 9.17) is 15.6 Å². The molecule has 0 aliphatic carbocycles. The second kappa shape index (κ2) is 5.64. The van der Waals surface area contributed by atoms with Crippen LogP contribution < -0.4 is 5.73 Å². The lowest BCUT2D eigenvalue weighted by molar-refractivity contribution is 0.454. The van der Waals surface area contributed by atoms with Crippen LogP contribution in [0.15, 0.2) is 22.1 Å². The highest BCUT2D eigenvalue weighted by Gasteiger charge is 1.97. The maximum atomic E-state index is 7.01. The molecule has 1 aromatic rings. The van der Waals surface area contributed by atoms with E-state index >= 15 is 0 Å². The van der Waals surface area contributed by atoms with Crippen LogP contribution in [-0.4, -0.2) is 16.6 Å². The largest absolute Gasteiger partial charge is 0.440 e. The van der Waals surface area contributed by atoms with Gasteiger partial charge >= 0.3 is 0 Å². The molecule has 0 fully saturated rings. The van der Waals surface area contributed by atoms with Gasteiger partial charge in [-0.15, -0.1) is 0 Å². The van der Waals surface area contributed by atoms with Gasteiger partial charge in [0.05, 0.1) is 12.0 Å². The molecule has 3 N–H and O–H groups in total. The molecule has 1 heterocycles. The second-order valence-corrected chi connectivity index (χ2v) is 3.67. The molecule has 1 rings (SSSR count). The fourth-order valence-corrected chi connectivity index (χ4v) is 1.64. The summed E-state index contributed by atoms with van der Waals surface area (Å²) in [5, 5.41) is 7.72. The van der Waals surface area contributed by atoms with Crippen molar-refractivity contribution in [2.75, 3.05) is 5.75 Å². The summed E-state index contributed by atoms with van der Waals surface area (Å²) in [6, 6.07) is 0. The van der Waals surface area contributed by atoms with Gasteiger partial charge in [-0.25, -0.2) is 4.98 Å². The Bertz CT molecular complexity index is 248. The molecule has 0 atom stereocenters. The number of nitrogens with one attached hydrogen (secondary N) is 1. The summed E-state index contributed by atoms with van der Waals surface area (Å²) in [4.78, 5) is 3.98. The van der Waals surface area contributed by atoms with Gasteiger partial charge in [0.25, 0.3) is 5.22 Å². The van der Waals surface area contributed by atoms with E-state index in [1.165, 1.54) is 0 Å². The number of aromatic nitrogens is 1. The number of hydrogen-bond acceptors (Lipinski definition) is 4. The van der Waals surface area contributed by atoms with Gasteiger partial charge in [-0.3, -0.25) is 5.41 Å². The molecule has 0 aliphatic heterocycles. The standard InChI is InChI=1S/C8H13N3OS/c9-7(10)3-1-2-6-13-8-11-4-5-12-8/h4-5H,1-3,6H2,(H3,9,10). The third-order valence-electron chi connectivity index (χ3n) is 1.48. The Morgan fingerprint density at radius 1 is 1.62 bits per heavy atom. The molecule has 0 radical (unpaired) electrons. The highest BCUT2D eigenvalue weighted by atomic mass is 32.2. The summed E-state index contributed by atoms with van der Waals surface area (Å²) in [7, 11) is 0. The van der Waals surface area contributed by atoms with Gasteiger partial charge in [-0.05, 0) is 12.8 Å². The first-order chi connectivity index (χ1) is 6.29. The van der Waals surface area contributed by atoms with Crippen LogP contribution in [0.4, 0.5) is 0 Å². The fourth-order valence-electron chi connectivity index (χ4n) is 0.859. The van der Waals surface area contributed by atoms with E-state index in [2.05, 4.69) is 4.98 Å². The van der Waals surface area contributed by atoms with Crippen LogP contribution in [0.3, 0.4) is 0 Å². The molecular weight excluding hydrogens is 186 g/mol. The minimum atomic E-state index is 0.265. The van der Waals surface area contributed by atoms with Gasteiger partial charge in [0.15, 0.2) is 0 Å². The summed E-state index contributed by atoms with van der Waals surface area (Å²) >= 11 is 1.59. The van der Waals surface area contributed by atoms with Crippen molar-refractivity contribution < 1.29 is 4.42 Å². The van der Waals surface area contributed by atoms with E-state index in [0.29, 0.717) is 11.6 Å². The lowest BCUT2D eigenvalue weighted by atomic mass is 10.2. The van der Waals surface area contributed by atoms with Gasteiger partial charge in [-0.1, -0.05) is 11.8 Å². The number of amidine groups is 1. The molecule has 5 heteroatoms. The molecule has 0 saturated carbocycles. The average Bonchev–Trinajstić information content (AvgIpc) is 2.55. The topological polar surface area (TPSA) is 75.9 Å². The van der Waals surface area contributed by atoms with E-state index in [0.717, 1.165) is 18.6 Å². The van der Waals surface area contributed by atoms with Crippen LogP contribution in [0, 0.1) is 5.41 Å². The Morgan fingerprint density at radius 3 is 3.08 bits per heavy atom. The number of unbranched alkanes of at least 4 members (excludes halogenated alkanes) is 1. The zero-order valence-electron chi connectivity index (χ0n) is 7.32. The van der Waals surface area contributed by atoms with Gasteiger partial charge < -0.3 is 10.2 Å². The highest BCUT2D eigenvalue weighted by Crippen LogP contribution is 2.16. The van der Waals surface area contributed by atoms with E-state index in [1.54, 1.807) is 24.2 Å². The van der Waals surface area contributed by atoms with Crippen LogP contribution in [-0.2, 0) is 0 Å². The maximum Gasteiger partial charge on any atom is 0.255 e. The van der Waals surface area contributed by atoms with Crippen molar-refractivity contribution in [2.24, 2.45) is 5.73 Å². The Kier molecular flexibility index (Phi) is 4.39. The maximum absolute atomic E-state index is 7.01. The number of hydrogen-bond donors (Lipinski definition) is 2. The minimum absolute atomic E-state index is 0.265. The summed E-state index contributed by atoms with van der Waals surface area (Å²) < 4.78 is 5.05. The monoisotopic (exact) mass is 199 g/mol. The fraction of sp³-hybridized carbons (Fsp3) is 0.500. The van der Waals surface area contributed by atoms with Crippen molar-refractivity contribution >= 4 is 17.6 Å². The van der Waals surface area contributed by atoms with Gasteiger partial charge in [0.1, 0.15) is 6.26 Å². The SMILES string of the molecule is N=C(N)CCCCSc1ncco1. The van der Waals surface area contributed by atoms with Crippen LogP contribution in [0.5, 0.6) is 0 Å². The van der Waals surface area contributed by atoms with Crippen molar-refractivity contribution in [3.63, 3.8) is 0 Å². The van der Waals surface area contributed by atoms with Crippen LogP contribution in [0.2, 0.25) is 0 Å². The van der Waals surface area contributed by atoms with Gasteiger partial charge in [0, 0.05) is 12.2 Å². The predicted octanol–water partition coefficient (Wildman–Crippen LogP) is 1.87. The Hall–Kier alpha value is -0.970. The molecule has 0 amide bonds. The highest BCUT2D eigenvalue weighted by molar-refractivity contribution is 7.99. The van der Waals surface area contributed by atoms with E-state index in [1.807, 2.05) is 0 Å². The normalized spacial score (nSPS) is 10.2. The lowest BCUT2D eigenvalue weighted by Crippen LogP contribution is -2.08. The summed E-state index contributed by atoms with van der Waals surface area (Å²) in [5.41, 5.74) is 5.21. The molecule has 4 nitrogen and oxygen atoms in total. The van der Waals surface area contributed by atoms with Crippen LogP contribution in [0.25, 0.3) is 0 Å². The molecule has 0 saturated heterocycles. The second-order valence-electron chi connectivity index (χ2n) is 2.63. The molecular formula is C8H13N3OS. The van der Waals surface area contributed by atoms with Crippen molar-refractivity contribution in [2.45, 2.75) is 24.5 Å². The van der Waals surface area contributed by atoms with E-state index < -0.39 is 0 Å². The zero-order chi connectivity index (χ0) is 9.52. The number of nitrogens with two attached hydrogens (primary N) is 1. The Morgan fingerprint density at radius 2 is 2.46 bits per heavy atom. The molecule has 13 heavy (non-hydrogen) atoms. The van der Waals surface area contributed by atoms with Crippen LogP contribution >= 0.6 is 11.8 Å². The van der Waals surface area contributed by atoms with Crippen molar-refractivity contribution in [3.05, 3.63) is 12.5 Å². The number of thioether (sulfide) groups is 1. The summed E-state index contributed by atoms with van der Waals surface area (Å²) in [6.07, 6.45) is 5.89. The Labute approximate surface area is 81.4 Å². The average molecular weight is 199 g/mol. The minimum Gasteiger partial charge on any atom is -0.440 e. The molecule has 0 spiro atoms. The third-order valence-corrected chi connectivity index (χ3v) is 2.42. The van der Waals surface area contributed by atoms with Crippen LogP contribution in [0.1, 0.15) is 19.3 Å². The molecule has 0 unspecified atom stereocenters. The van der Waals surface area contributed by atoms with E-state index in [-0.39, 0.29) is 5.84 Å². The summed E-state index contributed by atoms with van der Waals surface area (Å²) in [5.74, 6) is 1.23. The molecule has 72 valence electrons. The number of rotatable bonds is 6. The Balaban J connectivity index is 1.99. The third kappa shape index (κ3) is 4.57. The first kappa shape index (κ1) is 10.1. The number of nitrogens with zero attached hydrogens (tertiary/aromatic N) is 1. The van der Waals surface area contributed by atoms with Gasteiger partial charge in [-0.2, -0.15) is 0 Å². The number of oxazole rings is 1. The lowest BCUT2D eigenvalue weighted by Gasteiger charge is -1.97. The van der Waals surface area contributed by atoms with Gasteiger partial charge in [0.2, 0.25) is 0 Å². The van der Waals surface area contributed by atoms with Crippen molar-refractivity contribution in [1.82, 2.24) is 4.98 Å².